The normalized spacial score (nSPS) is 20.0. The number of likely N-dealkylation sites (N-methyl/N-ethyl adjacent to an activating group) is 1. The molecule has 1 aromatic heterocycles. The van der Waals surface area contributed by atoms with Crippen molar-refractivity contribution < 1.29 is 51.5 Å². The number of hydrogen-bond donors (Lipinski definition) is 7. The van der Waals surface area contributed by atoms with Crippen LogP contribution in [-0.2, 0) is 40.1 Å². The van der Waals surface area contributed by atoms with E-state index in [1.165, 1.54) is 41.3 Å². The quantitative estimate of drug-likeness (QED) is 0.111. The second-order valence-electron chi connectivity index (χ2n) is 13.6. The lowest BCUT2D eigenvalue weighted by Crippen LogP contribution is -2.61. The Balaban J connectivity index is 1.30. The average molecular weight is 788 g/mol. The Hall–Kier alpha value is -4.94. The maximum atomic E-state index is 14.2. The highest BCUT2D eigenvalue weighted by Crippen LogP contribution is 2.39. The Morgan fingerprint density at radius 1 is 1.04 bits per heavy atom. The number of fused-ring (bicyclic) bond motifs is 2. The molecule has 0 saturated carbocycles. The van der Waals surface area contributed by atoms with Gasteiger partial charge in [-0.2, -0.15) is 0 Å². The molecule has 3 heterocycles. The first-order valence-electron chi connectivity index (χ1n) is 17.0. The lowest BCUT2D eigenvalue weighted by molar-refractivity contribution is -0.144. The average Bonchev–Trinajstić information content (AvgIpc) is 3.73. The van der Waals surface area contributed by atoms with Crippen molar-refractivity contribution in [3.05, 3.63) is 65.4 Å². The number of H-pyrrole nitrogens is 1. The minimum absolute atomic E-state index is 0.000114. The lowest BCUT2D eigenvalue weighted by Gasteiger charge is -2.37. The Bertz CT molecular complexity index is 2130. The van der Waals surface area contributed by atoms with E-state index in [1.54, 1.807) is 19.2 Å². The van der Waals surface area contributed by atoms with E-state index in [2.05, 4.69) is 20.9 Å². The smallest absolute Gasteiger partial charge is 0.370 e. The van der Waals surface area contributed by atoms with Gasteiger partial charge in [0.2, 0.25) is 23.6 Å². The van der Waals surface area contributed by atoms with Crippen LogP contribution in [0.25, 0.3) is 10.9 Å². The molecule has 2 aliphatic rings. The van der Waals surface area contributed by atoms with E-state index in [1.807, 2.05) is 4.90 Å². The number of hydrogen-bond acceptors (Lipinski definition) is 10. The van der Waals surface area contributed by atoms with Crippen molar-refractivity contribution in [2.24, 2.45) is 5.73 Å². The van der Waals surface area contributed by atoms with Crippen LogP contribution in [0.2, 0.25) is 0 Å². The van der Waals surface area contributed by atoms with E-state index in [9.17, 15) is 51.5 Å². The third-order valence-corrected chi connectivity index (χ3v) is 11.4. The van der Waals surface area contributed by atoms with Crippen LogP contribution in [0.1, 0.15) is 58.5 Å². The molecule has 2 saturated heterocycles. The fourth-order valence-electron chi connectivity index (χ4n) is 6.68. The molecule has 5 rings (SSSR count). The number of aromatic nitrogens is 1. The van der Waals surface area contributed by atoms with Gasteiger partial charge in [0.1, 0.15) is 23.8 Å². The first-order chi connectivity index (χ1) is 25.3. The van der Waals surface area contributed by atoms with E-state index in [-0.39, 0.29) is 54.5 Å². The van der Waals surface area contributed by atoms with E-state index in [0.29, 0.717) is 35.9 Å². The van der Waals surface area contributed by atoms with Gasteiger partial charge in [0.25, 0.3) is 11.4 Å². The molecule has 54 heavy (non-hydrogen) atoms. The number of amides is 5. The summed E-state index contributed by atoms with van der Waals surface area (Å²) in [6, 6.07) is 7.52. The second kappa shape index (κ2) is 16.2. The minimum Gasteiger partial charge on any atom is -0.370 e. The number of sulfone groups is 1. The van der Waals surface area contributed by atoms with Crippen molar-refractivity contribution in [1.82, 2.24) is 30.7 Å². The number of aromatic amines is 1. The fraction of sp³-hybridized carbons (Fsp3) is 0.412. The van der Waals surface area contributed by atoms with Gasteiger partial charge in [0.05, 0.1) is 4.90 Å². The summed E-state index contributed by atoms with van der Waals surface area (Å²) in [5, 5.41) is 8.45. The number of nitrogens with one attached hydrogen (secondary N) is 4. The molecule has 0 radical (unpaired) electrons. The Kier molecular flexibility index (Phi) is 12.1. The summed E-state index contributed by atoms with van der Waals surface area (Å²) < 4.78 is 35.0. The standard InChI is InChI=1S/C34H42N7O11PS/c1-40-14-13-22-6-11-28(32(45)38-25(10-12-29(35)42)30(43)36-17-19-3-7-23(8-4-19)54(2,51)52)41(22)33(46)27(18-40)39-31(44)26-16-21-15-20(5-9-24(21)37-26)34(47)53(48,49)50/h3-5,7-9,15-16,22,25,27-28,37H,6,10-14,17-18H2,1-2H3,(H2,35,42)(H,36,43)(H,38,45)(H,39,44)(H2,48,49,50)/t22-,25+,27+,28+/m1/s1. The van der Waals surface area contributed by atoms with E-state index in [4.69, 9.17) is 5.73 Å². The van der Waals surface area contributed by atoms with Gasteiger partial charge in [0, 0.05) is 48.3 Å². The topological polar surface area (TPSA) is 278 Å². The van der Waals surface area contributed by atoms with Gasteiger partial charge >= 0.3 is 7.60 Å². The van der Waals surface area contributed by atoms with Gasteiger partial charge < -0.3 is 46.3 Å². The molecular formula is C34H42N7O11PS. The van der Waals surface area contributed by atoms with Crippen LogP contribution < -0.4 is 21.7 Å². The SMILES string of the molecule is CN1CC[C@H]2CC[C@@H](C(=O)N[C@@H](CCC(N)=O)C(=O)NCc3ccc(S(C)(=O)=O)cc3)N2C(=O)[C@@H](NC(=O)c2cc3cc(C(=O)P(=O)(O)O)ccc3[nH]2)C1. The molecule has 2 fully saturated rings. The monoisotopic (exact) mass is 787 g/mol. The number of nitrogens with zero attached hydrogens (tertiary/aromatic N) is 2. The molecule has 0 spiro atoms. The Morgan fingerprint density at radius 3 is 2.39 bits per heavy atom. The molecular weight excluding hydrogens is 745 g/mol. The zero-order valence-corrected chi connectivity index (χ0v) is 31.2. The highest BCUT2D eigenvalue weighted by molar-refractivity contribution is 7.90. The van der Waals surface area contributed by atoms with Crippen molar-refractivity contribution in [2.45, 2.75) is 67.7 Å². The molecule has 2 aromatic carbocycles. The summed E-state index contributed by atoms with van der Waals surface area (Å²) in [5.41, 5.74) is 4.75. The molecule has 3 aromatic rings. The van der Waals surface area contributed by atoms with Gasteiger partial charge in [0.15, 0.2) is 9.84 Å². The number of primary amides is 1. The molecule has 2 aliphatic heterocycles. The van der Waals surface area contributed by atoms with Gasteiger partial charge in [-0.3, -0.25) is 33.3 Å². The van der Waals surface area contributed by atoms with Crippen molar-refractivity contribution in [3.8, 4) is 0 Å². The minimum atomic E-state index is -5.03. The molecule has 0 bridgehead atoms. The van der Waals surface area contributed by atoms with E-state index in [0.717, 1.165) is 6.26 Å². The summed E-state index contributed by atoms with van der Waals surface area (Å²) >= 11 is 0. The van der Waals surface area contributed by atoms with Gasteiger partial charge in [-0.1, -0.05) is 12.1 Å². The van der Waals surface area contributed by atoms with Crippen LogP contribution in [0, 0.1) is 0 Å². The van der Waals surface area contributed by atoms with Crippen molar-refractivity contribution >= 4 is 63.4 Å². The highest BCUT2D eigenvalue weighted by Gasteiger charge is 2.45. The maximum absolute atomic E-state index is 14.2. The summed E-state index contributed by atoms with van der Waals surface area (Å²) in [4.78, 5) is 103. The van der Waals surface area contributed by atoms with Crippen LogP contribution in [0.5, 0.6) is 0 Å². The third kappa shape index (κ3) is 9.58. The number of carbonyl (C=O) groups is 6. The first kappa shape index (κ1) is 40.2. The van der Waals surface area contributed by atoms with E-state index >= 15 is 0 Å². The van der Waals surface area contributed by atoms with Crippen LogP contribution in [0.15, 0.2) is 53.4 Å². The van der Waals surface area contributed by atoms with Crippen LogP contribution in [0.3, 0.4) is 0 Å². The molecule has 4 atom stereocenters. The summed E-state index contributed by atoms with van der Waals surface area (Å²) in [6.45, 7) is 0.657. The summed E-state index contributed by atoms with van der Waals surface area (Å²) in [6.07, 6.45) is 2.05. The zero-order chi connectivity index (χ0) is 39.5. The van der Waals surface area contributed by atoms with Crippen molar-refractivity contribution in [3.63, 3.8) is 0 Å². The lowest BCUT2D eigenvalue weighted by atomic mass is 10.1. The molecule has 0 aliphatic carbocycles. The number of nitrogens with two attached hydrogens (primary N) is 1. The zero-order valence-electron chi connectivity index (χ0n) is 29.5. The molecule has 18 nitrogen and oxygen atoms in total. The number of carbonyl (C=O) groups excluding carboxylic acids is 6. The fourth-order valence-corrected chi connectivity index (χ4v) is 7.78. The Labute approximate surface area is 310 Å². The maximum Gasteiger partial charge on any atom is 0.396 e. The molecule has 290 valence electrons. The molecule has 0 unspecified atom stereocenters. The van der Waals surface area contributed by atoms with Crippen molar-refractivity contribution in [2.75, 3.05) is 26.4 Å². The predicted octanol–water partition coefficient (Wildman–Crippen LogP) is -0.250. The number of benzene rings is 2. The van der Waals surface area contributed by atoms with Crippen LogP contribution in [0.4, 0.5) is 0 Å². The Morgan fingerprint density at radius 2 is 1.74 bits per heavy atom. The van der Waals surface area contributed by atoms with Gasteiger partial charge in [-0.05, 0) is 81.2 Å². The third-order valence-electron chi connectivity index (χ3n) is 9.51. The summed E-state index contributed by atoms with van der Waals surface area (Å²) in [7, 11) is -6.65. The molecule has 8 N–H and O–H groups in total. The van der Waals surface area contributed by atoms with Gasteiger partial charge in [-0.25, -0.2) is 8.42 Å². The molecule has 20 heteroatoms. The molecule has 5 amide bonds. The van der Waals surface area contributed by atoms with Crippen LogP contribution in [-0.4, -0.2) is 119 Å². The summed E-state index contributed by atoms with van der Waals surface area (Å²) in [5.74, 6) is -3.12. The van der Waals surface area contributed by atoms with Crippen molar-refractivity contribution in [1.29, 1.82) is 0 Å². The van der Waals surface area contributed by atoms with E-state index < -0.39 is 70.6 Å². The largest absolute Gasteiger partial charge is 0.396 e. The van der Waals surface area contributed by atoms with Crippen LogP contribution >= 0.6 is 7.60 Å². The second-order valence-corrected chi connectivity index (χ2v) is 17.1. The predicted molar refractivity (Wildman–Crippen MR) is 193 cm³/mol. The van der Waals surface area contributed by atoms with Gasteiger partial charge in [-0.15, -0.1) is 0 Å². The number of rotatable bonds is 13. The first-order valence-corrected chi connectivity index (χ1v) is 20.5. The highest BCUT2D eigenvalue weighted by atomic mass is 32.2.